The van der Waals surface area contributed by atoms with Gasteiger partial charge in [0.2, 0.25) is 5.91 Å². The number of carbonyl (C=O) groups excluding carboxylic acids is 2. The minimum Gasteiger partial charge on any atom is -0.337 e. The number of nitrogens with zero attached hydrogens (tertiary/aromatic N) is 1. The number of hydrogen-bond acceptors (Lipinski definition) is 2. The third-order valence-corrected chi connectivity index (χ3v) is 4.52. The molecule has 0 bridgehead atoms. The summed E-state index contributed by atoms with van der Waals surface area (Å²) >= 11 is 0. The molecular weight excluding hydrogens is 348 g/mol. The fraction of sp³-hybridized carbons (Fsp3) is 0.167. The molecule has 3 aromatic carbocycles. The van der Waals surface area contributed by atoms with Crippen LogP contribution < -0.4 is 5.32 Å². The van der Waals surface area contributed by atoms with Gasteiger partial charge in [-0.25, -0.2) is 0 Å². The molecule has 28 heavy (non-hydrogen) atoms. The number of hydrogen-bond donors (Lipinski definition) is 1. The molecule has 0 saturated heterocycles. The zero-order valence-electron chi connectivity index (χ0n) is 16.0. The Labute approximate surface area is 165 Å². The van der Waals surface area contributed by atoms with Crippen molar-refractivity contribution < 1.29 is 9.59 Å². The lowest BCUT2D eigenvalue weighted by atomic mass is 10.1. The van der Waals surface area contributed by atoms with Gasteiger partial charge in [-0.05, 0) is 29.7 Å². The average molecular weight is 372 g/mol. The minimum absolute atomic E-state index is 0.102. The molecule has 1 N–H and O–H groups in total. The number of nitrogens with one attached hydrogen (secondary N) is 1. The Hall–Kier alpha value is -3.40. The molecule has 3 aromatic rings. The first kappa shape index (κ1) is 19.4. The van der Waals surface area contributed by atoms with Gasteiger partial charge in [-0.15, -0.1) is 0 Å². The zero-order valence-corrected chi connectivity index (χ0v) is 16.0. The summed E-state index contributed by atoms with van der Waals surface area (Å²) in [6, 6.07) is 26.9. The molecule has 0 saturated carbocycles. The molecule has 4 heteroatoms. The van der Waals surface area contributed by atoms with E-state index in [2.05, 4.69) is 5.32 Å². The predicted molar refractivity (Wildman–Crippen MR) is 112 cm³/mol. The molecule has 0 atom stereocenters. The van der Waals surface area contributed by atoms with Crippen molar-refractivity contribution >= 4 is 17.5 Å². The van der Waals surface area contributed by atoms with Gasteiger partial charge in [0.05, 0.1) is 11.3 Å². The fourth-order valence-electron chi connectivity index (χ4n) is 3.03. The number of amides is 2. The molecule has 3 rings (SSSR count). The largest absolute Gasteiger partial charge is 0.337 e. The number of aryl methyl sites for hydroxylation is 1. The Kier molecular flexibility index (Phi) is 6.58. The van der Waals surface area contributed by atoms with E-state index in [9.17, 15) is 9.59 Å². The van der Waals surface area contributed by atoms with Crippen LogP contribution in [0.25, 0.3) is 0 Å². The van der Waals surface area contributed by atoms with Crippen molar-refractivity contribution in [1.29, 1.82) is 0 Å². The summed E-state index contributed by atoms with van der Waals surface area (Å²) in [6.45, 7) is 0.510. The van der Waals surface area contributed by atoms with Gasteiger partial charge >= 0.3 is 0 Å². The second kappa shape index (κ2) is 9.51. The van der Waals surface area contributed by atoms with Gasteiger partial charge in [0.15, 0.2) is 0 Å². The molecule has 0 radical (unpaired) electrons. The quantitative estimate of drug-likeness (QED) is 0.662. The van der Waals surface area contributed by atoms with Crippen LogP contribution in [0.1, 0.15) is 27.9 Å². The van der Waals surface area contributed by atoms with Crippen LogP contribution in [-0.2, 0) is 17.8 Å². The van der Waals surface area contributed by atoms with Crippen molar-refractivity contribution in [3.63, 3.8) is 0 Å². The van der Waals surface area contributed by atoms with Gasteiger partial charge in [-0.2, -0.15) is 0 Å². The molecule has 0 heterocycles. The average Bonchev–Trinajstić information content (AvgIpc) is 2.73. The Morgan fingerprint density at radius 1 is 0.786 bits per heavy atom. The van der Waals surface area contributed by atoms with Crippen molar-refractivity contribution in [2.45, 2.75) is 19.4 Å². The van der Waals surface area contributed by atoms with Gasteiger partial charge < -0.3 is 10.2 Å². The number of anilines is 1. The lowest BCUT2D eigenvalue weighted by molar-refractivity contribution is -0.116. The number of rotatable bonds is 7. The molecule has 0 aromatic heterocycles. The van der Waals surface area contributed by atoms with E-state index in [1.165, 1.54) is 0 Å². The van der Waals surface area contributed by atoms with E-state index in [-0.39, 0.29) is 11.8 Å². The van der Waals surface area contributed by atoms with E-state index in [0.29, 0.717) is 30.6 Å². The van der Waals surface area contributed by atoms with Crippen LogP contribution in [0, 0.1) is 0 Å². The number of benzene rings is 3. The van der Waals surface area contributed by atoms with Crippen LogP contribution >= 0.6 is 0 Å². The third-order valence-electron chi connectivity index (χ3n) is 4.52. The molecule has 0 spiro atoms. The van der Waals surface area contributed by atoms with E-state index in [0.717, 1.165) is 11.1 Å². The van der Waals surface area contributed by atoms with Gasteiger partial charge in [0.25, 0.3) is 5.91 Å². The fourth-order valence-corrected chi connectivity index (χ4v) is 3.03. The molecule has 2 amide bonds. The normalized spacial score (nSPS) is 10.3. The lowest BCUT2D eigenvalue weighted by Gasteiger charge is -2.19. The van der Waals surface area contributed by atoms with E-state index >= 15 is 0 Å². The smallest absolute Gasteiger partial charge is 0.256 e. The highest BCUT2D eigenvalue weighted by Crippen LogP contribution is 2.18. The van der Waals surface area contributed by atoms with Gasteiger partial charge in [0.1, 0.15) is 0 Å². The van der Waals surface area contributed by atoms with E-state index in [1.54, 1.807) is 24.1 Å². The minimum atomic E-state index is -0.122. The predicted octanol–water partition coefficient (Wildman–Crippen LogP) is 4.53. The van der Waals surface area contributed by atoms with Crippen molar-refractivity contribution in [2.75, 3.05) is 12.4 Å². The Morgan fingerprint density at radius 2 is 1.36 bits per heavy atom. The van der Waals surface area contributed by atoms with Crippen molar-refractivity contribution in [2.24, 2.45) is 0 Å². The van der Waals surface area contributed by atoms with E-state index in [1.807, 2.05) is 72.8 Å². The standard InChI is InChI=1S/C24H24N2O2/c1-26(18-20-12-6-3-7-13-20)24(28)21-14-8-9-15-22(21)25-23(27)17-16-19-10-4-2-5-11-19/h2-15H,16-18H2,1H3,(H,25,27). The monoisotopic (exact) mass is 372 g/mol. The molecular formula is C24H24N2O2. The Morgan fingerprint density at radius 3 is 2.04 bits per heavy atom. The second-order valence-corrected chi connectivity index (χ2v) is 6.73. The van der Waals surface area contributed by atoms with Crippen LogP contribution in [0.5, 0.6) is 0 Å². The van der Waals surface area contributed by atoms with Crippen LogP contribution in [0.4, 0.5) is 5.69 Å². The molecule has 0 fully saturated rings. The first-order valence-electron chi connectivity index (χ1n) is 9.35. The molecule has 0 aliphatic rings. The summed E-state index contributed by atoms with van der Waals surface area (Å²) in [7, 11) is 1.77. The molecule has 142 valence electrons. The van der Waals surface area contributed by atoms with Crippen LogP contribution in [0.2, 0.25) is 0 Å². The molecule has 4 nitrogen and oxygen atoms in total. The van der Waals surface area contributed by atoms with Crippen LogP contribution in [0.3, 0.4) is 0 Å². The first-order valence-corrected chi connectivity index (χ1v) is 9.35. The second-order valence-electron chi connectivity index (χ2n) is 6.73. The van der Waals surface area contributed by atoms with E-state index < -0.39 is 0 Å². The number of para-hydroxylation sites is 1. The molecule has 0 aliphatic carbocycles. The highest BCUT2D eigenvalue weighted by Gasteiger charge is 2.17. The molecule has 0 unspecified atom stereocenters. The summed E-state index contributed by atoms with van der Waals surface area (Å²) in [4.78, 5) is 26.9. The summed E-state index contributed by atoms with van der Waals surface area (Å²) in [6.07, 6.45) is 1.03. The topological polar surface area (TPSA) is 49.4 Å². The Bertz CT molecular complexity index is 924. The summed E-state index contributed by atoms with van der Waals surface area (Å²) in [5.74, 6) is -0.224. The molecule has 0 aliphatic heterocycles. The zero-order chi connectivity index (χ0) is 19.8. The third kappa shape index (κ3) is 5.30. The highest BCUT2D eigenvalue weighted by atomic mass is 16.2. The maximum atomic E-state index is 12.9. The summed E-state index contributed by atoms with van der Waals surface area (Å²) in [5, 5.41) is 2.89. The highest BCUT2D eigenvalue weighted by molar-refractivity contribution is 6.03. The maximum absolute atomic E-state index is 12.9. The van der Waals surface area contributed by atoms with Gasteiger partial charge in [-0.1, -0.05) is 72.8 Å². The van der Waals surface area contributed by atoms with Crippen molar-refractivity contribution in [1.82, 2.24) is 4.90 Å². The summed E-state index contributed by atoms with van der Waals surface area (Å²) < 4.78 is 0. The van der Waals surface area contributed by atoms with Crippen LogP contribution in [-0.4, -0.2) is 23.8 Å². The van der Waals surface area contributed by atoms with E-state index in [4.69, 9.17) is 0 Å². The van der Waals surface area contributed by atoms with Gasteiger partial charge in [-0.3, -0.25) is 9.59 Å². The lowest BCUT2D eigenvalue weighted by Crippen LogP contribution is -2.27. The summed E-state index contributed by atoms with van der Waals surface area (Å²) in [5.41, 5.74) is 3.21. The SMILES string of the molecule is CN(Cc1ccccc1)C(=O)c1ccccc1NC(=O)CCc1ccccc1. The number of carbonyl (C=O) groups is 2. The first-order chi connectivity index (χ1) is 13.6. The van der Waals surface area contributed by atoms with Crippen molar-refractivity contribution in [3.8, 4) is 0 Å². The Balaban J connectivity index is 1.64. The maximum Gasteiger partial charge on any atom is 0.256 e. The van der Waals surface area contributed by atoms with Crippen molar-refractivity contribution in [3.05, 3.63) is 102 Å². The van der Waals surface area contributed by atoms with Crippen LogP contribution in [0.15, 0.2) is 84.9 Å². The van der Waals surface area contributed by atoms with Gasteiger partial charge in [0, 0.05) is 20.0 Å².